The summed E-state index contributed by atoms with van der Waals surface area (Å²) in [7, 11) is 3.99. The number of nitrogens with zero attached hydrogens (tertiary/aromatic N) is 4. The Morgan fingerprint density at radius 3 is 2.63 bits per heavy atom. The fraction of sp³-hybridized carbons (Fsp3) is 0.227. The van der Waals surface area contributed by atoms with Gasteiger partial charge in [0, 0.05) is 34.1 Å². The highest BCUT2D eigenvalue weighted by molar-refractivity contribution is 6.36. The van der Waals surface area contributed by atoms with Crippen LogP contribution in [0.1, 0.15) is 33.1 Å². The molecule has 0 bridgehead atoms. The number of carbonyl (C=O) groups is 1. The van der Waals surface area contributed by atoms with Gasteiger partial charge in [-0.05, 0) is 38.4 Å². The number of rotatable bonds is 5. The molecule has 0 fully saturated rings. The number of aromatic nitrogens is 2. The molecule has 0 radical (unpaired) electrons. The standard InChI is InChI=1S/C22H21Cl2N5O/c1-28(2)10-9-19-27-21(22(25)30)18-12-26-20(14-5-3-4-6-16(14)24)15-11-13(23)7-8-17(15)29(18)19/h3-8,11H,9-10,12H2,1-2H3,(H2,25,30). The quantitative estimate of drug-likeness (QED) is 0.654. The molecule has 4 rings (SSSR count). The second-order valence-electron chi connectivity index (χ2n) is 7.38. The van der Waals surface area contributed by atoms with E-state index in [1.54, 1.807) is 0 Å². The maximum atomic E-state index is 12.2. The molecule has 1 aliphatic rings. The van der Waals surface area contributed by atoms with E-state index in [-0.39, 0.29) is 12.2 Å². The summed E-state index contributed by atoms with van der Waals surface area (Å²) < 4.78 is 1.99. The average Bonchev–Trinajstić information content (AvgIpc) is 2.98. The van der Waals surface area contributed by atoms with E-state index in [1.807, 2.05) is 61.1 Å². The molecule has 2 heterocycles. The van der Waals surface area contributed by atoms with Crippen molar-refractivity contribution in [3.63, 3.8) is 0 Å². The molecule has 0 atom stereocenters. The van der Waals surface area contributed by atoms with Crippen LogP contribution in [-0.2, 0) is 13.0 Å². The van der Waals surface area contributed by atoms with Crippen molar-refractivity contribution in [3.8, 4) is 5.69 Å². The van der Waals surface area contributed by atoms with Crippen molar-refractivity contribution >= 4 is 34.8 Å². The van der Waals surface area contributed by atoms with Gasteiger partial charge in [-0.1, -0.05) is 41.4 Å². The van der Waals surface area contributed by atoms with Gasteiger partial charge in [0.2, 0.25) is 0 Å². The number of halogens is 2. The summed E-state index contributed by atoms with van der Waals surface area (Å²) in [6.07, 6.45) is 0.650. The maximum absolute atomic E-state index is 12.2. The van der Waals surface area contributed by atoms with Gasteiger partial charge in [-0.15, -0.1) is 0 Å². The molecule has 6 nitrogen and oxygen atoms in total. The Labute approximate surface area is 184 Å². The lowest BCUT2D eigenvalue weighted by Gasteiger charge is -2.16. The normalized spacial score (nSPS) is 12.9. The molecule has 0 saturated carbocycles. The zero-order valence-corrected chi connectivity index (χ0v) is 18.2. The zero-order chi connectivity index (χ0) is 21.4. The fourth-order valence-corrected chi connectivity index (χ4v) is 4.04. The molecule has 0 aliphatic carbocycles. The highest BCUT2D eigenvalue weighted by Gasteiger charge is 2.27. The first-order chi connectivity index (χ1) is 14.4. The molecule has 1 amide bonds. The lowest BCUT2D eigenvalue weighted by Crippen LogP contribution is -2.18. The molecule has 3 aromatic rings. The number of aliphatic imine (C=N–C) groups is 1. The lowest BCUT2D eigenvalue weighted by molar-refractivity contribution is 0.0995. The lowest BCUT2D eigenvalue weighted by atomic mass is 10.0. The van der Waals surface area contributed by atoms with Gasteiger partial charge in [-0.2, -0.15) is 0 Å². The minimum atomic E-state index is -0.568. The van der Waals surface area contributed by atoms with E-state index in [4.69, 9.17) is 33.9 Å². The number of amides is 1. The summed E-state index contributed by atoms with van der Waals surface area (Å²) in [4.78, 5) is 23.6. The van der Waals surface area contributed by atoms with Crippen LogP contribution in [0.25, 0.3) is 5.69 Å². The molecule has 2 aromatic carbocycles. The van der Waals surface area contributed by atoms with Gasteiger partial charge in [-0.25, -0.2) is 4.98 Å². The molecule has 8 heteroatoms. The summed E-state index contributed by atoms with van der Waals surface area (Å²) >= 11 is 12.8. The molecule has 0 saturated heterocycles. The zero-order valence-electron chi connectivity index (χ0n) is 16.7. The van der Waals surface area contributed by atoms with E-state index in [2.05, 4.69) is 9.88 Å². The molecular weight excluding hydrogens is 421 g/mol. The molecule has 0 unspecified atom stereocenters. The number of likely N-dealkylation sites (N-methyl/N-ethyl adjacent to an activating group) is 1. The van der Waals surface area contributed by atoms with Crippen LogP contribution < -0.4 is 5.73 Å². The van der Waals surface area contributed by atoms with Gasteiger partial charge in [0.15, 0.2) is 5.69 Å². The first kappa shape index (κ1) is 20.6. The number of hydrogen-bond acceptors (Lipinski definition) is 4. The van der Waals surface area contributed by atoms with E-state index in [0.717, 1.165) is 34.9 Å². The van der Waals surface area contributed by atoms with E-state index in [1.165, 1.54) is 0 Å². The number of hydrogen-bond donors (Lipinski definition) is 1. The number of carbonyl (C=O) groups excluding carboxylic acids is 1. The van der Waals surface area contributed by atoms with Gasteiger partial charge in [0.25, 0.3) is 5.91 Å². The number of fused-ring (bicyclic) bond motifs is 3. The maximum Gasteiger partial charge on any atom is 0.269 e. The van der Waals surface area contributed by atoms with Crippen LogP contribution in [0.3, 0.4) is 0 Å². The summed E-state index contributed by atoms with van der Waals surface area (Å²) in [5.41, 5.74) is 9.76. The van der Waals surface area contributed by atoms with Crippen LogP contribution in [-0.4, -0.2) is 46.7 Å². The van der Waals surface area contributed by atoms with Crippen molar-refractivity contribution in [1.82, 2.24) is 14.5 Å². The van der Waals surface area contributed by atoms with Crippen molar-refractivity contribution in [2.75, 3.05) is 20.6 Å². The van der Waals surface area contributed by atoms with E-state index < -0.39 is 5.91 Å². The second-order valence-corrected chi connectivity index (χ2v) is 8.23. The minimum absolute atomic E-state index is 0.244. The molecule has 1 aliphatic heterocycles. The smallest absolute Gasteiger partial charge is 0.269 e. The third-order valence-corrected chi connectivity index (χ3v) is 5.59. The summed E-state index contributed by atoms with van der Waals surface area (Å²) in [6.45, 7) is 1.02. The third kappa shape index (κ3) is 3.74. The molecule has 2 N–H and O–H groups in total. The Morgan fingerprint density at radius 1 is 1.17 bits per heavy atom. The second kappa shape index (κ2) is 8.22. The van der Waals surface area contributed by atoms with Crippen LogP contribution in [0.4, 0.5) is 0 Å². The van der Waals surface area contributed by atoms with Crippen LogP contribution in [0.15, 0.2) is 47.5 Å². The third-order valence-electron chi connectivity index (χ3n) is 5.03. The van der Waals surface area contributed by atoms with Crippen molar-refractivity contribution in [1.29, 1.82) is 0 Å². The van der Waals surface area contributed by atoms with Gasteiger partial charge in [0.05, 0.1) is 23.6 Å². The molecule has 154 valence electrons. The molecule has 30 heavy (non-hydrogen) atoms. The van der Waals surface area contributed by atoms with Gasteiger partial charge < -0.3 is 10.6 Å². The van der Waals surface area contributed by atoms with E-state index in [9.17, 15) is 4.79 Å². The Bertz CT molecular complexity index is 1170. The van der Waals surface area contributed by atoms with Crippen LogP contribution >= 0.6 is 23.2 Å². The highest BCUT2D eigenvalue weighted by atomic mass is 35.5. The molecule has 1 aromatic heterocycles. The Hall–Kier alpha value is -2.67. The van der Waals surface area contributed by atoms with E-state index in [0.29, 0.717) is 22.2 Å². The number of imidazole rings is 1. The average molecular weight is 442 g/mol. The van der Waals surface area contributed by atoms with Gasteiger partial charge in [0.1, 0.15) is 5.82 Å². The Balaban J connectivity index is 1.98. The van der Waals surface area contributed by atoms with Crippen LogP contribution in [0.2, 0.25) is 10.0 Å². The predicted octanol–water partition coefficient (Wildman–Crippen LogP) is 3.73. The first-order valence-electron chi connectivity index (χ1n) is 9.51. The fourth-order valence-electron chi connectivity index (χ4n) is 3.64. The monoisotopic (exact) mass is 441 g/mol. The topological polar surface area (TPSA) is 76.5 Å². The van der Waals surface area contributed by atoms with Crippen molar-refractivity contribution in [2.45, 2.75) is 13.0 Å². The van der Waals surface area contributed by atoms with Crippen molar-refractivity contribution in [2.24, 2.45) is 10.7 Å². The first-order valence-corrected chi connectivity index (χ1v) is 10.3. The van der Waals surface area contributed by atoms with Gasteiger partial charge >= 0.3 is 0 Å². The van der Waals surface area contributed by atoms with Crippen molar-refractivity contribution in [3.05, 3.63) is 80.8 Å². The highest BCUT2D eigenvalue weighted by Crippen LogP contribution is 2.32. The number of primary amides is 1. The van der Waals surface area contributed by atoms with Gasteiger partial charge in [-0.3, -0.25) is 14.4 Å². The van der Waals surface area contributed by atoms with Crippen molar-refractivity contribution < 1.29 is 4.79 Å². The molecule has 0 spiro atoms. The SMILES string of the molecule is CN(C)CCc1nc(C(N)=O)c2n1-c1ccc(Cl)cc1C(c1ccccc1Cl)=NC2. The van der Waals surface area contributed by atoms with Crippen LogP contribution in [0, 0.1) is 0 Å². The predicted molar refractivity (Wildman–Crippen MR) is 120 cm³/mol. The summed E-state index contributed by atoms with van der Waals surface area (Å²) in [5.74, 6) is 0.188. The van der Waals surface area contributed by atoms with Crippen LogP contribution in [0.5, 0.6) is 0 Å². The number of nitrogens with two attached hydrogens (primary N) is 1. The minimum Gasteiger partial charge on any atom is -0.364 e. The van der Waals surface area contributed by atoms with E-state index >= 15 is 0 Å². The largest absolute Gasteiger partial charge is 0.364 e. The summed E-state index contributed by atoms with van der Waals surface area (Å²) in [6, 6.07) is 13.1. The summed E-state index contributed by atoms with van der Waals surface area (Å²) in [5, 5.41) is 1.18. The Morgan fingerprint density at radius 2 is 1.93 bits per heavy atom. The Kier molecular flexibility index (Phi) is 5.64. The molecular formula is C22H21Cl2N5O. The number of benzene rings is 2.